The van der Waals surface area contributed by atoms with Crippen LogP contribution in [0.3, 0.4) is 0 Å². The first-order valence-corrected chi connectivity index (χ1v) is 11.8. The minimum absolute atomic E-state index is 0.0393. The van der Waals surface area contributed by atoms with E-state index in [1.807, 2.05) is 0 Å². The van der Waals surface area contributed by atoms with E-state index in [2.05, 4.69) is 9.47 Å². The molecule has 12 heteroatoms. The van der Waals surface area contributed by atoms with Crippen molar-refractivity contribution < 1.29 is 46.9 Å². The van der Waals surface area contributed by atoms with E-state index in [1.54, 1.807) is 41.5 Å². The summed E-state index contributed by atoms with van der Waals surface area (Å²) in [6.07, 6.45) is -3.47. The van der Waals surface area contributed by atoms with Gasteiger partial charge in [-0.25, -0.2) is 18.4 Å². The third kappa shape index (κ3) is 10.9. The highest BCUT2D eigenvalue weighted by Crippen LogP contribution is 2.23. The first-order valence-electron chi connectivity index (χ1n) is 11.8. The quantitative estimate of drug-likeness (QED) is 0.400. The molecule has 0 bridgehead atoms. The maximum absolute atomic E-state index is 13.5. The number of nitrogens with zero attached hydrogens (tertiary/aromatic N) is 2. The van der Waals surface area contributed by atoms with Crippen molar-refractivity contribution in [1.29, 1.82) is 0 Å². The third-order valence-corrected chi connectivity index (χ3v) is 5.17. The second-order valence-electron chi connectivity index (χ2n) is 10.9. The number of carbonyl (C=O) groups excluding carboxylic acids is 4. The molecule has 0 unspecified atom stereocenters. The van der Waals surface area contributed by atoms with Crippen molar-refractivity contribution in [1.82, 2.24) is 9.80 Å². The van der Waals surface area contributed by atoms with Crippen molar-refractivity contribution in [2.45, 2.75) is 77.9 Å². The Morgan fingerprint density at radius 1 is 0.639 bits per heavy atom. The van der Waals surface area contributed by atoms with E-state index in [1.165, 1.54) is 24.0 Å². The van der Waals surface area contributed by atoms with Gasteiger partial charge in [-0.15, -0.1) is 0 Å². The average molecular weight is 523 g/mol. The lowest BCUT2D eigenvalue weighted by Crippen LogP contribution is -2.48. The van der Waals surface area contributed by atoms with Crippen molar-refractivity contribution in [2.24, 2.45) is 11.8 Å². The van der Waals surface area contributed by atoms with Crippen molar-refractivity contribution in [3.05, 3.63) is 0 Å². The van der Waals surface area contributed by atoms with Crippen molar-refractivity contribution in [3.63, 3.8) is 0 Å². The highest BCUT2D eigenvalue weighted by atomic mass is 19.1. The molecule has 2 heterocycles. The molecule has 0 N–H and O–H groups in total. The summed E-state index contributed by atoms with van der Waals surface area (Å²) < 4.78 is 46.5. The van der Waals surface area contributed by atoms with Gasteiger partial charge < -0.3 is 28.7 Å². The summed E-state index contributed by atoms with van der Waals surface area (Å²) in [7, 11) is 2.50. The molecule has 208 valence electrons. The number of piperidine rings is 2. The Labute approximate surface area is 211 Å². The number of ether oxygens (including phenoxy) is 4. The van der Waals surface area contributed by atoms with E-state index in [9.17, 15) is 28.0 Å². The molecule has 2 amide bonds. The molecule has 10 nitrogen and oxygen atoms in total. The van der Waals surface area contributed by atoms with Gasteiger partial charge in [-0.3, -0.25) is 9.59 Å². The lowest BCUT2D eigenvalue weighted by atomic mass is 9.97. The highest BCUT2D eigenvalue weighted by molar-refractivity contribution is 5.75. The molecule has 0 aromatic carbocycles. The van der Waals surface area contributed by atoms with Gasteiger partial charge in [-0.05, 0) is 54.4 Å². The summed E-state index contributed by atoms with van der Waals surface area (Å²) >= 11 is 0. The Kier molecular flexibility index (Phi) is 11.4. The van der Waals surface area contributed by atoms with Crippen LogP contribution >= 0.6 is 0 Å². The minimum atomic E-state index is -1.23. The number of likely N-dealkylation sites (tertiary alicyclic amines) is 2. The van der Waals surface area contributed by atoms with Crippen LogP contribution in [0.15, 0.2) is 0 Å². The maximum atomic E-state index is 13.5. The van der Waals surface area contributed by atoms with Crippen molar-refractivity contribution >= 4 is 24.1 Å². The number of halogens is 2. The number of esters is 2. The fourth-order valence-corrected chi connectivity index (χ4v) is 3.70. The Bertz CT molecular complexity index is 717. The van der Waals surface area contributed by atoms with E-state index in [0.717, 1.165) is 0 Å². The second-order valence-corrected chi connectivity index (χ2v) is 10.9. The third-order valence-electron chi connectivity index (χ3n) is 5.17. The monoisotopic (exact) mass is 522 g/mol. The van der Waals surface area contributed by atoms with E-state index >= 15 is 0 Å². The molecule has 0 aromatic heterocycles. The van der Waals surface area contributed by atoms with Gasteiger partial charge in [0.05, 0.1) is 39.1 Å². The normalized spacial score (nSPS) is 24.6. The predicted molar refractivity (Wildman–Crippen MR) is 126 cm³/mol. The van der Waals surface area contributed by atoms with Gasteiger partial charge in [0, 0.05) is 13.1 Å². The number of hydrogen-bond donors (Lipinski definition) is 0. The molecule has 0 spiro atoms. The molecule has 0 aromatic rings. The van der Waals surface area contributed by atoms with E-state index in [4.69, 9.17) is 9.47 Å². The van der Waals surface area contributed by atoms with Gasteiger partial charge in [0.2, 0.25) is 0 Å². The van der Waals surface area contributed by atoms with Gasteiger partial charge in [0.1, 0.15) is 23.5 Å². The second kappa shape index (κ2) is 13.0. The van der Waals surface area contributed by atoms with Gasteiger partial charge >= 0.3 is 24.1 Å². The number of alkyl halides is 2. The van der Waals surface area contributed by atoms with Gasteiger partial charge in [-0.2, -0.15) is 0 Å². The summed E-state index contributed by atoms with van der Waals surface area (Å²) in [5, 5.41) is 0. The predicted octanol–water partition coefficient (Wildman–Crippen LogP) is 3.51. The molecule has 0 aliphatic carbocycles. The van der Waals surface area contributed by atoms with Crippen LogP contribution in [0.25, 0.3) is 0 Å². The Balaban J connectivity index is 0.000000360. The molecule has 0 saturated carbocycles. The molecule has 2 aliphatic rings. The van der Waals surface area contributed by atoms with E-state index in [-0.39, 0.29) is 39.0 Å². The first-order chi connectivity index (χ1) is 16.5. The number of methoxy groups -OCH3 is 2. The standard InChI is InChI=1S/2C12H20FNO4/c2*1-12(2,3)18-11(16)14-6-8(10(15)17-4)5-9(13)7-14/h2*8-9H,5-7H2,1-4H3/t2*8-,9+/m10/s1. The van der Waals surface area contributed by atoms with Crippen LogP contribution in [-0.4, -0.2) is 97.9 Å². The molecule has 4 atom stereocenters. The number of carbonyl (C=O) groups is 4. The van der Waals surface area contributed by atoms with E-state index < -0.39 is 59.5 Å². The fourth-order valence-electron chi connectivity index (χ4n) is 3.70. The van der Waals surface area contributed by atoms with Gasteiger partial charge in [0.25, 0.3) is 0 Å². The molecule has 36 heavy (non-hydrogen) atoms. The molecule has 2 rings (SSSR count). The SMILES string of the molecule is COC(=O)[C@@H]1C[C@H](F)CN(C(=O)OC(C)(C)C)C1.COC(=O)[C@H]1C[C@@H](F)CN(C(=O)OC(C)(C)C)C1. The Hall–Kier alpha value is -2.66. The molecule has 2 aliphatic heterocycles. The van der Waals surface area contributed by atoms with Crippen LogP contribution in [0.1, 0.15) is 54.4 Å². The van der Waals surface area contributed by atoms with E-state index in [0.29, 0.717) is 0 Å². The molecule has 0 radical (unpaired) electrons. The molecule has 2 saturated heterocycles. The zero-order valence-corrected chi connectivity index (χ0v) is 22.5. The summed E-state index contributed by atoms with van der Waals surface area (Å²) in [5.74, 6) is -2.23. The largest absolute Gasteiger partial charge is 0.469 e. The highest BCUT2D eigenvalue weighted by Gasteiger charge is 2.37. The van der Waals surface area contributed by atoms with Crippen LogP contribution in [-0.2, 0) is 28.5 Å². The van der Waals surface area contributed by atoms with Crippen LogP contribution in [0.5, 0.6) is 0 Å². The fraction of sp³-hybridized carbons (Fsp3) is 0.833. The topological polar surface area (TPSA) is 112 Å². The van der Waals surface area contributed by atoms with Crippen molar-refractivity contribution in [2.75, 3.05) is 40.4 Å². The molecule has 2 fully saturated rings. The lowest BCUT2D eigenvalue weighted by Gasteiger charge is -2.34. The van der Waals surface area contributed by atoms with Crippen LogP contribution in [0.4, 0.5) is 18.4 Å². The molecular weight excluding hydrogens is 482 g/mol. The number of rotatable bonds is 2. The Morgan fingerprint density at radius 3 is 1.19 bits per heavy atom. The maximum Gasteiger partial charge on any atom is 0.410 e. The first kappa shape index (κ1) is 31.4. The van der Waals surface area contributed by atoms with Crippen LogP contribution < -0.4 is 0 Å². The lowest BCUT2D eigenvalue weighted by molar-refractivity contribution is -0.149. The zero-order valence-electron chi connectivity index (χ0n) is 22.5. The average Bonchev–Trinajstić information content (AvgIpc) is 2.75. The zero-order chi connectivity index (χ0) is 27.8. The number of hydrogen-bond acceptors (Lipinski definition) is 8. The summed E-state index contributed by atoms with van der Waals surface area (Å²) in [6.45, 7) is 10.6. The number of amides is 2. The van der Waals surface area contributed by atoms with Gasteiger partial charge in [0.15, 0.2) is 0 Å². The van der Waals surface area contributed by atoms with Gasteiger partial charge in [-0.1, -0.05) is 0 Å². The summed E-state index contributed by atoms with van der Waals surface area (Å²) in [4.78, 5) is 48.8. The smallest absolute Gasteiger partial charge is 0.410 e. The van der Waals surface area contributed by atoms with Crippen LogP contribution in [0, 0.1) is 11.8 Å². The van der Waals surface area contributed by atoms with Crippen LogP contribution in [0.2, 0.25) is 0 Å². The Morgan fingerprint density at radius 2 is 0.944 bits per heavy atom. The molecular formula is C24H40F2N2O8. The van der Waals surface area contributed by atoms with Crippen molar-refractivity contribution in [3.8, 4) is 0 Å². The minimum Gasteiger partial charge on any atom is -0.469 e. The summed E-state index contributed by atoms with van der Waals surface area (Å²) in [5.41, 5.74) is -1.28. The summed E-state index contributed by atoms with van der Waals surface area (Å²) in [6, 6.07) is 0.